The van der Waals surface area contributed by atoms with Crippen molar-refractivity contribution in [3.63, 3.8) is 0 Å². The Morgan fingerprint density at radius 2 is 2.08 bits per heavy atom. The molecule has 1 N–H and O–H groups in total. The van der Waals surface area contributed by atoms with Gasteiger partial charge in [-0.2, -0.15) is 8.78 Å². The highest BCUT2D eigenvalue weighted by molar-refractivity contribution is 5.79. The van der Waals surface area contributed by atoms with E-state index in [4.69, 9.17) is 0 Å². The maximum Gasteiger partial charge on any atom is 0.315 e. The molecule has 0 aromatic heterocycles. The number of carbonyl (C=O) groups is 1. The third-order valence-corrected chi connectivity index (χ3v) is 3.15. The molecule has 4 heteroatoms. The Morgan fingerprint density at radius 3 is 2.46 bits per heavy atom. The molecule has 74 valence electrons. The van der Waals surface area contributed by atoms with Crippen molar-refractivity contribution in [3.05, 3.63) is 0 Å². The second-order valence-electron chi connectivity index (χ2n) is 4.16. The van der Waals surface area contributed by atoms with Crippen LogP contribution in [0.15, 0.2) is 0 Å². The summed E-state index contributed by atoms with van der Waals surface area (Å²) in [6.45, 7) is 0.459. The number of halogens is 2. The van der Waals surface area contributed by atoms with Gasteiger partial charge in [0.25, 0.3) is 5.91 Å². The molecular weight excluding hydrogens is 176 g/mol. The normalized spacial score (nSPS) is 24.5. The van der Waals surface area contributed by atoms with E-state index in [1.54, 1.807) is 0 Å². The zero-order chi connectivity index (χ0) is 9.47. The quantitative estimate of drug-likeness (QED) is 0.714. The molecule has 0 spiro atoms. The first kappa shape index (κ1) is 8.91. The van der Waals surface area contributed by atoms with E-state index < -0.39 is 12.3 Å². The molecule has 2 fully saturated rings. The number of hydrogen-bond donors (Lipinski definition) is 1. The summed E-state index contributed by atoms with van der Waals surface area (Å²) < 4.78 is 23.7. The average Bonchev–Trinajstić information content (AvgIpc) is 2.90. The molecule has 2 nitrogen and oxygen atoms in total. The van der Waals surface area contributed by atoms with Crippen molar-refractivity contribution in [2.24, 2.45) is 11.3 Å². The minimum atomic E-state index is -2.87. The van der Waals surface area contributed by atoms with Crippen LogP contribution in [0.5, 0.6) is 0 Å². The van der Waals surface area contributed by atoms with Crippen molar-refractivity contribution < 1.29 is 13.6 Å². The first-order valence-electron chi connectivity index (χ1n) is 4.70. The molecule has 0 heterocycles. The van der Waals surface area contributed by atoms with E-state index in [1.165, 1.54) is 12.8 Å². The fourth-order valence-electron chi connectivity index (χ4n) is 1.93. The lowest BCUT2D eigenvalue weighted by atomic mass is 10.0. The number of carbonyl (C=O) groups excluding carboxylic acids is 1. The number of nitrogens with one attached hydrogen (secondary N) is 1. The molecule has 0 aliphatic heterocycles. The van der Waals surface area contributed by atoms with E-state index in [0.29, 0.717) is 12.5 Å². The first-order chi connectivity index (χ1) is 6.14. The van der Waals surface area contributed by atoms with E-state index >= 15 is 0 Å². The lowest BCUT2D eigenvalue weighted by Gasteiger charge is -2.14. The van der Waals surface area contributed by atoms with Crippen LogP contribution in [0.2, 0.25) is 0 Å². The van der Waals surface area contributed by atoms with E-state index in [-0.39, 0.29) is 5.41 Å². The standard InChI is InChI=1S/C9H13F2NO/c10-7(11)8(13)12-5-9(3-4-9)6-1-2-6/h6-7H,1-5H2,(H,12,13). The fraction of sp³-hybridized carbons (Fsp3) is 0.889. The van der Waals surface area contributed by atoms with Gasteiger partial charge in [0, 0.05) is 6.54 Å². The zero-order valence-corrected chi connectivity index (χ0v) is 7.35. The van der Waals surface area contributed by atoms with Crippen molar-refractivity contribution in [3.8, 4) is 0 Å². The molecule has 0 bridgehead atoms. The predicted octanol–water partition coefficient (Wildman–Crippen LogP) is 1.56. The van der Waals surface area contributed by atoms with Crippen molar-refractivity contribution in [1.29, 1.82) is 0 Å². The second kappa shape index (κ2) is 2.93. The number of alkyl halides is 2. The minimum Gasteiger partial charge on any atom is -0.351 e. The molecule has 1 amide bonds. The summed E-state index contributed by atoms with van der Waals surface area (Å²) in [5, 5.41) is 2.32. The number of rotatable bonds is 4. The Hall–Kier alpha value is -0.670. The third kappa shape index (κ3) is 1.81. The van der Waals surface area contributed by atoms with Gasteiger partial charge < -0.3 is 5.32 Å². The summed E-state index contributed by atoms with van der Waals surface area (Å²) >= 11 is 0. The van der Waals surface area contributed by atoms with Gasteiger partial charge in [0.05, 0.1) is 0 Å². The van der Waals surface area contributed by atoms with Gasteiger partial charge >= 0.3 is 6.43 Å². The van der Waals surface area contributed by atoms with Crippen LogP contribution >= 0.6 is 0 Å². The molecule has 13 heavy (non-hydrogen) atoms. The van der Waals surface area contributed by atoms with Crippen LogP contribution in [0.4, 0.5) is 8.78 Å². The van der Waals surface area contributed by atoms with E-state index in [0.717, 1.165) is 12.8 Å². The molecular formula is C9H13F2NO. The summed E-state index contributed by atoms with van der Waals surface area (Å²) in [6, 6.07) is 0. The average molecular weight is 189 g/mol. The molecule has 0 aromatic rings. The van der Waals surface area contributed by atoms with Gasteiger partial charge in [0.1, 0.15) is 0 Å². The minimum absolute atomic E-state index is 0.213. The highest BCUT2D eigenvalue weighted by atomic mass is 19.3. The molecule has 0 saturated heterocycles. The number of hydrogen-bond acceptors (Lipinski definition) is 1. The van der Waals surface area contributed by atoms with Crippen LogP contribution in [0, 0.1) is 11.3 Å². The van der Waals surface area contributed by atoms with E-state index in [9.17, 15) is 13.6 Å². The van der Waals surface area contributed by atoms with Gasteiger partial charge in [0.2, 0.25) is 0 Å². The second-order valence-corrected chi connectivity index (χ2v) is 4.16. The zero-order valence-electron chi connectivity index (χ0n) is 7.35. The highest BCUT2D eigenvalue weighted by Gasteiger charge is 2.53. The van der Waals surface area contributed by atoms with E-state index in [2.05, 4.69) is 5.32 Å². The van der Waals surface area contributed by atoms with Gasteiger partial charge in [-0.3, -0.25) is 4.79 Å². The van der Waals surface area contributed by atoms with Gasteiger partial charge in [0.15, 0.2) is 0 Å². The van der Waals surface area contributed by atoms with Crippen LogP contribution in [0.3, 0.4) is 0 Å². The maximum absolute atomic E-state index is 11.8. The molecule has 0 aromatic carbocycles. The monoisotopic (exact) mass is 189 g/mol. The Morgan fingerprint density at radius 1 is 1.46 bits per heavy atom. The molecule has 0 unspecified atom stereocenters. The lowest BCUT2D eigenvalue weighted by Crippen LogP contribution is -2.35. The highest BCUT2D eigenvalue weighted by Crippen LogP contribution is 2.60. The fourth-order valence-corrected chi connectivity index (χ4v) is 1.93. The summed E-state index contributed by atoms with van der Waals surface area (Å²) in [4.78, 5) is 10.6. The topological polar surface area (TPSA) is 29.1 Å². The van der Waals surface area contributed by atoms with E-state index in [1.807, 2.05) is 0 Å². The molecule has 0 radical (unpaired) electrons. The predicted molar refractivity (Wildman–Crippen MR) is 43.4 cm³/mol. The maximum atomic E-state index is 11.8. The van der Waals surface area contributed by atoms with Gasteiger partial charge in [-0.05, 0) is 37.0 Å². The van der Waals surface area contributed by atoms with Crippen molar-refractivity contribution in [1.82, 2.24) is 5.32 Å². The van der Waals surface area contributed by atoms with Crippen LogP contribution < -0.4 is 5.32 Å². The van der Waals surface area contributed by atoms with Gasteiger partial charge in [-0.15, -0.1) is 0 Å². The summed E-state index contributed by atoms with van der Waals surface area (Å²) in [5.41, 5.74) is 0.213. The first-order valence-corrected chi connectivity index (χ1v) is 4.70. The van der Waals surface area contributed by atoms with Crippen LogP contribution in [0.25, 0.3) is 0 Å². The molecule has 2 saturated carbocycles. The molecule has 2 rings (SSSR count). The van der Waals surface area contributed by atoms with Crippen molar-refractivity contribution in [2.75, 3.05) is 6.54 Å². The number of amides is 1. The van der Waals surface area contributed by atoms with Crippen molar-refractivity contribution >= 4 is 5.91 Å². The van der Waals surface area contributed by atoms with Crippen molar-refractivity contribution in [2.45, 2.75) is 32.1 Å². The van der Waals surface area contributed by atoms with Gasteiger partial charge in [-0.1, -0.05) is 0 Å². The Balaban J connectivity index is 1.76. The molecule has 0 atom stereocenters. The Bertz CT molecular complexity index is 222. The Kier molecular flexibility index (Phi) is 2.00. The van der Waals surface area contributed by atoms with Gasteiger partial charge in [-0.25, -0.2) is 0 Å². The Labute approximate surface area is 75.7 Å². The van der Waals surface area contributed by atoms with Crippen LogP contribution in [0.1, 0.15) is 25.7 Å². The molecule has 2 aliphatic carbocycles. The lowest BCUT2D eigenvalue weighted by molar-refractivity contribution is -0.132. The summed E-state index contributed by atoms with van der Waals surface area (Å²) in [5.74, 6) is -0.419. The SMILES string of the molecule is O=C(NCC1(C2CC2)CC1)C(F)F. The van der Waals surface area contributed by atoms with Crippen LogP contribution in [-0.4, -0.2) is 18.9 Å². The largest absolute Gasteiger partial charge is 0.351 e. The summed E-state index contributed by atoms with van der Waals surface area (Å²) in [7, 11) is 0. The smallest absolute Gasteiger partial charge is 0.315 e. The summed E-state index contributed by atoms with van der Waals surface area (Å²) in [6.07, 6.45) is 1.76. The third-order valence-electron chi connectivity index (χ3n) is 3.15. The molecule has 2 aliphatic rings. The van der Waals surface area contributed by atoms with Crippen LogP contribution in [-0.2, 0) is 4.79 Å².